The van der Waals surface area contributed by atoms with Crippen molar-refractivity contribution in [3.63, 3.8) is 0 Å². The molecule has 0 atom stereocenters. The van der Waals surface area contributed by atoms with E-state index in [0.717, 1.165) is 36.9 Å². The summed E-state index contributed by atoms with van der Waals surface area (Å²) in [5.41, 5.74) is 0.688. The zero-order valence-electron chi connectivity index (χ0n) is 12.0. The third kappa shape index (κ3) is 3.20. The predicted molar refractivity (Wildman–Crippen MR) is 74.5 cm³/mol. The first-order valence-corrected chi connectivity index (χ1v) is 6.48. The Hall–Kier alpha value is -1.69. The summed E-state index contributed by atoms with van der Waals surface area (Å²) in [7, 11) is 1.71. The minimum atomic E-state index is -0.0823. The maximum Gasteiger partial charge on any atom is 0.178 e. The molecule has 0 spiro atoms. The molecule has 0 amide bonds. The summed E-state index contributed by atoms with van der Waals surface area (Å²) in [5.74, 6) is 1.69. The lowest BCUT2D eigenvalue weighted by molar-refractivity contribution is 0.197. The van der Waals surface area contributed by atoms with E-state index >= 15 is 0 Å². The number of methoxy groups -OCH3 is 1. The lowest BCUT2D eigenvalue weighted by Gasteiger charge is -2.15. The lowest BCUT2D eigenvalue weighted by atomic mass is 9.96. The van der Waals surface area contributed by atoms with Crippen molar-refractivity contribution in [3.8, 4) is 0 Å². The molecule has 0 saturated heterocycles. The van der Waals surface area contributed by atoms with Crippen molar-refractivity contribution in [2.45, 2.75) is 32.6 Å². The molecule has 0 aliphatic carbocycles. The first-order valence-electron chi connectivity index (χ1n) is 6.48. The molecule has 0 bridgehead atoms. The van der Waals surface area contributed by atoms with Gasteiger partial charge < -0.3 is 10.1 Å². The second kappa shape index (κ2) is 5.52. The largest absolute Gasteiger partial charge is 0.385 e. The average molecular weight is 263 g/mol. The number of anilines is 1. The van der Waals surface area contributed by atoms with Crippen LogP contribution in [0.3, 0.4) is 0 Å². The number of nitrogens with one attached hydrogen (secondary N) is 1. The van der Waals surface area contributed by atoms with Gasteiger partial charge in [0, 0.05) is 25.7 Å². The van der Waals surface area contributed by atoms with Crippen LogP contribution in [0.25, 0.3) is 5.65 Å². The summed E-state index contributed by atoms with van der Waals surface area (Å²) >= 11 is 0. The van der Waals surface area contributed by atoms with Crippen molar-refractivity contribution < 1.29 is 4.74 Å². The first-order chi connectivity index (χ1) is 9.02. The molecule has 0 fully saturated rings. The van der Waals surface area contributed by atoms with Gasteiger partial charge in [-0.2, -0.15) is 4.52 Å². The summed E-state index contributed by atoms with van der Waals surface area (Å²) in [4.78, 5) is 0. The van der Waals surface area contributed by atoms with Crippen LogP contribution < -0.4 is 5.32 Å². The molecular formula is C13H21N5O. The van der Waals surface area contributed by atoms with Crippen LogP contribution in [0.1, 0.15) is 33.0 Å². The van der Waals surface area contributed by atoms with E-state index in [-0.39, 0.29) is 5.41 Å². The Balaban J connectivity index is 2.19. The molecule has 19 heavy (non-hydrogen) atoms. The van der Waals surface area contributed by atoms with Crippen LogP contribution in [0.4, 0.5) is 5.82 Å². The van der Waals surface area contributed by atoms with E-state index in [2.05, 4.69) is 41.4 Å². The number of fused-ring (bicyclic) bond motifs is 1. The molecule has 2 aromatic rings. The third-order valence-corrected chi connectivity index (χ3v) is 2.76. The molecule has 0 radical (unpaired) electrons. The SMILES string of the molecule is COCCCNc1ccc2nnc(C(C)(C)C)n2n1. The van der Waals surface area contributed by atoms with E-state index in [0.29, 0.717) is 0 Å². The molecule has 104 valence electrons. The molecule has 0 aliphatic rings. The van der Waals surface area contributed by atoms with Crippen LogP contribution in [0.2, 0.25) is 0 Å². The van der Waals surface area contributed by atoms with Crippen LogP contribution in [0.5, 0.6) is 0 Å². The van der Waals surface area contributed by atoms with Gasteiger partial charge in [0.25, 0.3) is 0 Å². The van der Waals surface area contributed by atoms with Gasteiger partial charge in [-0.3, -0.25) is 0 Å². The summed E-state index contributed by atoms with van der Waals surface area (Å²) < 4.78 is 6.82. The Morgan fingerprint density at radius 2 is 2.05 bits per heavy atom. The molecule has 0 saturated carbocycles. The number of hydrogen-bond donors (Lipinski definition) is 1. The number of hydrogen-bond acceptors (Lipinski definition) is 5. The van der Waals surface area contributed by atoms with Crippen LogP contribution in [0, 0.1) is 0 Å². The Bertz CT molecular complexity index is 543. The molecule has 2 heterocycles. The average Bonchev–Trinajstić information content (AvgIpc) is 2.77. The molecular weight excluding hydrogens is 242 g/mol. The monoisotopic (exact) mass is 263 g/mol. The van der Waals surface area contributed by atoms with Gasteiger partial charge in [-0.05, 0) is 18.6 Å². The Labute approximate surface area is 113 Å². The Morgan fingerprint density at radius 3 is 2.74 bits per heavy atom. The third-order valence-electron chi connectivity index (χ3n) is 2.76. The summed E-state index contributed by atoms with van der Waals surface area (Å²) in [6.07, 6.45) is 0.949. The van der Waals surface area contributed by atoms with Crippen molar-refractivity contribution in [2.75, 3.05) is 25.6 Å². The normalized spacial score (nSPS) is 12.0. The second-order valence-corrected chi connectivity index (χ2v) is 5.54. The van der Waals surface area contributed by atoms with Gasteiger partial charge in [0.15, 0.2) is 11.5 Å². The summed E-state index contributed by atoms with van der Waals surface area (Å²) in [5, 5.41) is 16.2. The topological polar surface area (TPSA) is 64.3 Å². The van der Waals surface area contributed by atoms with E-state index in [4.69, 9.17) is 4.74 Å². The highest BCUT2D eigenvalue weighted by Gasteiger charge is 2.21. The van der Waals surface area contributed by atoms with Gasteiger partial charge in [0.05, 0.1) is 0 Å². The molecule has 2 aromatic heterocycles. The molecule has 1 N–H and O–H groups in total. The Morgan fingerprint density at radius 1 is 1.26 bits per heavy atom. The van der Waals surface area contributed by atoms with Gasteiger partial charge in [-0.25, -0.2) is 0 Å². The predicted octanol–water partition coefficient (Wildman–Crippen LogP) is 1.87. The van der Waals surface area contributed by atoms with Gasteiger partial charge in [0.1, 0.15) is 5.82 Å². The van der Waals surface area contributed by atoms with E-state index in [1.165, 1.54) is 0 Å². The van der Waals surface area contributed by atoms with Gasteiger partial charge in [0.2, 0.25) is 0 Å². The van der Waals surface area contributed by atoms with Crippen LogP contribution >= 0.6 is 0 Å². The maximum atomic E-state index is 5.02. The van der Waals surface area contributed by atoms with Gasteiger partial charge in [-0.15, -0.1) is 15.3 Å². The van der Waals surface area contributed by atoms with Crippen LogP contribution in [0.15, 0.2) is 12.1 Å². The zero-order chi connectivity index (χ0) is 13.9. The fourth-order valence-corrected chi connectivity index (χ4v) is 1.78. The number of rotatable bonds is 5. The number of nitrogens with zero attached hydrogens (tertiary/aromatic N) is 4. The molecule has 0 aromatic carbocycles. The zero-order valence-corrected chi connectivity index (χ0v) is 12.0. The van der Waals surface area contributed by atoms with Crippen molar-refractivity contribution in [1.82, 2.24) is 19.8 Å². The minimum absolute atomic E-state index is 0.0823. The van der Waals surface area contributed by atoms with Crippen molar-refractivity contribution in [3.05, 3.63) is 18.0 Å². The van der Waals surface area contributed by atoms with Crippen molar-refractivity contribution in [1.29, 1.82) is 0 Å². The van der Waals surface area contributed by atoms with Crippen LogP contribution in [-0.2, 0) is 10.2 Å². The first kappa shape index (κ1) is 13.7. The molecule has 2 rings (SSSR count). The summed E-state index contributed by atoms with van der Waals surface area (Å²) in [6.45, 7) is 7.88. The van der Waals surface area contributed by atoms with Crippen molar-refractivity contribution in [2.24, 2.45) is 0 Å². The quantitative estimate of drug-likeness (QED) is 0.834. The van der Waals surface area contributed by atoms with Gasteiger partial charge in [-0.1, -0.05) is 20.8 Å². The highest BCUT2D eigenvalue weighted by molar-refractivity contribution is 5.44. The fourth-order valence-electron chi connectivity index (χ4n) is 1.78. The fraction of sp³-hybridized carbons (Fsp3) is 0.615. The van der Waals surface area contributed by atoms with Crippen molar-refractivity contribution >= 4 is 11.5 Å². The number of aromatic nitrogens is 4. The molecule has 6 nitrogen and oxygen atoms in total. The van der Waals surface area contributed by atoms with E-state index in [1.54, 1.807) is 11.6 Å². The maximum absolute atomic E-state index is 5.02. The highest BCUT2D eigenvalue weighted by atomic mass is 16.5. The van der Waals surface area contributed by atoms with E-state index in [9.17, 15) is 0 Å². The molecule has 0 aliphatic heterocycles. The lowest BCUT2D eigenvalue weighted by Crippen LogP contribution is -2.17. The Kier molecular flexibility index (Phi) is 3.99. The number of ether oxygens (including phenoxy) is 1. The second-order valence-electron chi connectivity index (χ2n) is 5.54. The molecule has 6 heteroatoms. The van der Waals surface area contributed by atoms with E-state index < -0.39 is 0 Å². The standard InChI is InChI=1S/C13H21N5O/c1-13(2,3)12-16-15-11-7-6-10(17-18(11)12)14-8-5-9-19-4/h6-7H,5,8-9H2,1-4H3,(H,14,17). The van der Waals surface area contributed by atoms with Crippen LogP contribution in [-0.4, -0.2) is 40.1 Å². The minimum Gasteiger partial charge on any atom is -0.385 e. The summed E-state index contributed by atoms with van der Waals surface area (Å²) in [6, 6.07) is 3.84. The van der Waals surface area contributed by atoms with E-state index in [1.807, 2.05) is 12.1 Å². The molecule has 0 unspecified atom stereocenters. The van der Waals surface area contributed by atoms with Gasteiger partial charge >= 0.3 is 0 Å². The highest BCUT2D eigenvalue weighted by Crippen LogP contribution is 2.20. The smallest absolute Gasteiger partial charge is 0.178 e.